The average Bonchev–Trinajstić information content (AvgIpc) is 2.03. The van der Waals surface area contributed by atoms with Crippen molar-refractivity contribution in [3.63, 3.8) is 0 Å². The number of pyridine rings is 1. The fourth-order valence-electron chi connectivity index (χ4n) is 0.756. The Kier molecular flexibility index (Phi) is 2.86. The highest BCUT2D eigenvalue weighted by Crippen LogP contribution is 2.13. The first-order valence-electron chi connectivity index (χ1n) is 3.49. The molecule has 0 spiro atoms. The lowest BCUT2D eigenvalue weighted by atomic mass is 10.3. The highest BCUT2D eigenvalue weighted by atomic mass is 16.5. The quantitative estimate of drug-likeness (QED) is 0.697. The molecule has 0 aliphatic carbocycles. The Bertz CT molecular complexity index is 225. The standard InChI is InChI=1S/C8H11NO2/c1-7-2-3-9-6-8(7)11-5-4-10/h2-3,6,10H,4-5H2,1H3. The van der Waals surface area contributed by atoms with Gasteiger partial charge < -0.3 is 9.84 Å². The number of hydrogen-bond acceptors (Lipinski definition) is 3. The minimum atomic E-state index is 0.0360. The molecule has 0 radical (unpaired) electrons. The predicted molar refractivity (Wildman–Crippen MR) is 41.6 cm³/mol. The van der Waals surface area contributed by atoms with Crippen LogP contribution < -0.4 is 4.74 Å². The van der Waals surface area contributed by atoms with Gasteiger partial charge in [-0.2, -0.15) is 0 Å². The lowest BCUT2D eigenvalue weighted by Crippen LogP contribution is -2.02. The van der Waals surface area contributed by atoms with Crippen molar-refractivity contribution >= 4 is 0 Å². The Balaban J connectivity index is 2.62. The molecule has 0 saturated carbocycles. The van der Waals surface area contributed by atoms with Crippen molar-refractivity contribution in [3.8, 4) is 5.75 Å². The molecule has 0 aliphatic rings. The molecule has 3 nitrogen and oxygen atoms in total. The van der Waals surface area contributed by atoms with E-state index in [1.807, 2.05) is 13.0 Å². The molecule has 60 valence electrons. The van der Waals surface area contributed by atoms with Gasteiger partial charge in [0.25, 0.3) is 0 Å². The molecule has 0 aliphatic heterocycles. The summed E-state index contributed by atoms with van der Waals surface area (Å²) in [6.45, 7) is 2.30. The summed E-state index contributed by atoms with van der Waals surface area (Å²) < 4.78 is 5.17. The summed E-state index contributed by atoms with van der Waals surface area (Å²) in [5.74, 6) is 0.738. The third kappa shape index (κ3) is 2.20. The number of hydrogen-bond donors (Lipinski definition) is 1. The van der Waals surface area contributed by atoms with E-state index >= 15 is 0 Å². The van der Waals surface area contributed by atoms with Crippen LogP contribution in [0.2, 0.25) is 0 Å². The average molecular weight is 153 g/mol. The van der Waals surface area contributed by atoms with Gasteiger partial charge in [-0.15, -0.1) is 0 Å². The molecule has 1 aromatic rings. The van der Waals surface area contributed by atoms with E-state index in [9.17, 15) is 0 Å². The topological polar surface area (TPSA) is 42.4 Å². The normalized spacial score (nSPS) is 9.64. The second-order valence-corrected chi connectivity index (χ2v) is 2.21. The van der Waals surface area contributed by atoms with E-state index in [1.54, 1.807) is 12.4 Å². The van der Waals surface area contributed by atoms with Crippen LogP contribution in [0.5, 0.6) is 5.75 Å². The van der Waals surface area contributed by atoms with Gasteiger partial charge in [-0.25, -0.2) is 0 Å². The van der Waals surface area contributed by atoms with Crippen LogP contribution in [0.15, 0.2) is 18.5 Å². The van der Waals surface area contributed by atoms with Crippen molar-refractivity contribution < 1.29 is 9.84 Å². The third-order valence-electron chi connectivity index (χ3n) is 1.34. The number of aromatic nitrogens is 1. The van der Waals surface area contributed by atoms with Crippen molar-refractivity contribution in [2.24, 2.45) is 0 Å². The lowest BCUT2D eigenvalue weighted by Gasteiger charge is -2.05. The molecule has 3 heteroatoms. The maximum Gasteiger partial charge on any atom is 0.140 e. The van der Waals surface area contributed by atoms with E-state index in [2.05, 4.69) is 4.98 Å². The van der Waals surface area contributed by atoms with Gasteiger partial charge in [0.2, 0.25) is 0 Å². The van der Waals surface area contributed by atoms with Crippen molar-refractivity contribution in [3.05, 3.63) is 24.0 Å². The number of ether oxygens (including phenoxy) is 1. The van der Waals surface area contributed by atoms with Gasteiger partial charge in [0.05, 0.1) is 12.8 Å². The van der Waals surface area contributed by atoms with E-state index < -0.39 is 0 Å². The van der Waals surface area contributed by atoms with Crippen molar-refractivity contribution in [2.45, 2.75) is 6.92 Å². The molecular formula is C8H11NO2. The van der Waals surface area contributed by atoms with E-state index in [0.717, 1.165) is 11.3 Å². The molecule has 1 rings (SSSR count). The summed E-state index contributed by atoms with van der Waals surface area (Å²) >= 11 is 0. The highest BCUT2D eigenvalue weighted by molar-refractivity contribution is 5.27. The van der Waals surface area contributed by atoms with Crippen LogP contribution in [0, 0.1) is 6.92 Å². The number of aliphatic hydroxyl groups is 1. The van der Waals surface area contributed by atoms with Gasteiger partial charge in [0.15, 0.2) is 0 Å². The largest absolute Gasteiger partial charge is 0.489 e. The molecule has 11 heavy (non-hydrogen) atoms. The Morgan fingerprint density at radius 2 is 2.45 bits per heavy atom. The molecule has 0 fully saturated rings. The van der Waals surface area contributed by atoms with Crippen molar-refractivity contribution in [1.82, 2.24) is 4.98 Å². The van der Waals surface area contributed by atoms with Crippen LogP contribution in [0.4, 0.5) is 0 Å². The summed E-state index contributed by atoms with van der Waals surface area (Å²) in [4.78, 5) is 3.89. The maximum atomic E-state index is 8.47. The lowest BCUT2D eigenvalue weighted by molar-refractivity contribution is 0.200. The van der Waals surface area contributed by atoms with Crippen LogP contribution in [0.1, 0.15) is 5.56 Å². The molecule has 0 atom stereocenters. The molecule has 1 aromatic heterocycles. The van der Waals surface area contributed by atoms with Crippen LogP contribution in [-0.2, 0) is 0 Å². The first-order chi connectivity index (χ1) is 5.34. The summed E-state index contributed by atoms with van der Waals surface area (Å²) in [5, 5.41) is 8.47. The molecule has 0 amide bonds. The van der Waals surface area contributed by atoms with E-state index in [4.69, 9.17) is 9.84 Å². The Morgan fingerprint density at radius 1 is 1.64 bits per heavy atom. The van der Waals surface area contributed by atoms with Crippen molar-refractivity contribution in [1.29, 1.82) is 0 Å². The number of nitrogens with zero attached hydrogens (tertiary/aromatic N) is 1. The maximum absolute atomic E-state index is 8.47. The number of aryl methyl sites for hydroxylation is 1. The van der Waals surface area contributed by atoms with E-state index in [-0.39, 0.29) is 6.61 Å². The number of rotatable bonds is 3. The SMILES string of the molecule is Cc1ccncc1OCCO. The van der Waals surface area contributed by atoms with Gasteiger partial charge in [0.1, 0.15) is 12.4 Å². The Morgan fingerprint density at radius 3 is 3.09 bits per heavy atom. The molecule has 1 heterocycles. The summed E-state index contributed by atoms with van der Waals surface area (Å²) in [6.07, 6.45) is 3.35. The minimum Gasteiger partial charge on any atom is -0.489 e. The van der Waals surface area contributed by atoms with Crippen LogP contribution in [0.3, 0.4) is 0 Å². The van der Waals surface area contributed by atoms with Gasteiger partial charge >= 0.3 is 0 Å². The fourth-order valence-corrected chi connectivity index (χ4v) is 0.756. The minimum absolute atomic E-state index is 0.0360. The van der Waals surface area contributed by atoms with Crippen LogP contribution in [0.25, 0.3) is 0 Å². The van der Waals surface area contributed by atoms with Crippen LogP contribution in [-0.4, -0.2) is 23.3 Å². The molecule has 1 N–H and O–H groups in total. The van der Waals surface area contributed by atoms with Crippen LogP contribution >= 0.6 is 0 Å². The monoisotopic (exact) mass is 153 g/mol. The first-order valence-corrected chi connectivity index (χ1v) is 3.49. The second-order valence-electron chi connectivity index (χ2n) is 2.21. The summed E-state index contributed by atoms with van der Waals surface area (Å²) in [6, 6.07) is 1.87. The summed E-state index contributed by atoms with van der Waals surface area (Å²) in [7, 11) is 0. The summed E-state index contributed by atoms with van der Waals surface area (Å²) in [5.41, 5.74) is 1.04. The Hall–Kier alpha value is -1.09. The fraction of sp³-hybridized carbons (Fsp3) is 0.375. The van der Waals surface area contributed by atoms with E-state index in [1.165, 1.54) is 0 Å². The van der Waals surface area contributed by atoms with E-state index in [0.29, 0.717) is 6.61 Å². The molecule has 0 unspecified atom stereocenters. The van der Waals surface area contributed by atoms with Gasteiger partial charge in [-0.1, -0.05) is 0 Å². The zero-order valence-electron chi connectivity index (χ0n) is 6.45. The van der Waals surface area contributed by atoms with Gasteiger partial charge in [0, 0.05) is 6.20 Å². The van der Waals surface area contributed by atoms with Crippen molar-refractivity contribution in [2.75, 3.05) is 13.2 Å². The molecular weight excluding hydrogens is 142 g/mol. The number of aliphatic hydroxyl groups excluding tert-OH is 1. The van der Waals surface area contributed by atoms with Gasteiger partial charge in [-0.3, -0.25) is 4.98 Å². The molecule has 0 aromatic carbocycles. The predicted octanol–water partition coefficient (Wildman–Crippen LogP) is 0.761. The first kappa shape index (κ1) is 8.01. The third-order valence-corrected chi connectivity index (χ3v) is 1.34. The molecule has 0 saturated heterocycles. The zero-order valence-corrected chi connectivity index (χ0v) is 6.45. The Labute approximate surface area is 65.7 Å². The second kappa shape index (κ2) is 3.93. The highest BCUT2D eigenvalue weighted by Gasteiger charge is 1.95. The smallest absolute Gasteiger partial charge is 0.140 e. The zero-order chi connectivity index (χ0) is 8.10. The molecule has 0 bridgehead atoms. The van der Waals surface area contributed by atoms with Gasteiger partial charge in [-0.05, 0) is 18.6 Å².